The van der Waals surface area contributed by atoms with Crippen LogP contribution >= 0.6 is 0 Å². The minimum Gasteiger partial charge on any atom is -0.497 e. The van der Waals surface area contributed by atoms with Gasteiger partial charge in [0.25, 0.3) is 5.91 Å². The molecule has 0 unspecified atom stereocenters. The van der Waals surface area contributed by atoms with E-state index >= 15 is 0 Å². The Bertz CT molecular complexity index is 950. The lowest BCUT2D eigenvalue weighted by molar-refractivity contribution is -0.128. The van der Waals surface area contributed by atoms with Crippen molar-refractivity contribution in [3.63, 3.8) is 0 Å². The summed E-state index contributed by atoms with van der Waals surface area (Å²) in [7, 11) is 4.87. The second kappa shape index (κ2) is 7.46. The highest BCUT2D eigenvalue weighted by Gasteiger charge is 2.27. The van der Waals surface area contributed by atoms with Crippen molar-refractivity contribution in [3.05, 3.63) is 52.6 Å². The fourth-order valence-electron chi connectivity index (χ4n) is 3.67. The molecule has 0 aliphatic carbocycles. The van der Waals surface area contributed by atoms with Crippen LogP contribution in [0, 0.1) is 0 Å². The summed E-state index contributed by atoms with van der Waals surface area (Å²) in [5.74, 6) is 2.89. The number of amides is 1. The van der Waals surface area contributed by atoms with Crippen LogP contribution in [0.2, 0.25) is 0 Å². The van der Waals surface area contributed by atoms with E-state index in [0.29, 0.717) is 24.4 Å². The Morgan fingerprint density at radius 1 is 1.00 bits per heavy atom. The molecule has 28 heavy (non-hydrogen) atoms. The van der Waals surface area contributed by atoms with Crippen molar-refractivity contribution in [3.8, 4) is 23.0 Å². The maximum atomic E-state index is 13.1. The normalized spacial score (nSPS) is 15.0. The van der Waals surface area contributed by atoms with Crippen molar-refractivity contribution in [2.45, 2.75) is 13.0 Å². The van der Waals surface area contributed by atoms with E-state index in [9.17, 15) is 4.79 Å². The van der Waals surface area contributed by atoms with Crippen LogP contribution in [0.5, 0.6) is 23.0 Å². The smallest absolute Gasteiger partial charge is 0.253 e. The maximum absolute atomic E-state index is 13.1. The van der Waals surface area contributed by atoms with E-state index in [4.69, 9.17) is 18.9 Å². The Hall–Kier alpha value is -3.15. The number of hydrogen-bond donors (Lipinski definition) is 0. The second-order valence-corrected chi connectivity index (χ2v) is 6.81. The molecule has 2 aliphatic heterocycles. The zero-order valence-electron chi connectivity index (χ0n) is 16.3. The van der Waals surface area contributed by atoms with Gasteiger partial charge in [-0.1, -0.05) is 0 Å². The van der Waals surface area contributed by atoms with Crippen LogP contribution in [0.3, 0.4) is 0 Å². The monoisotopic (exact) mass is 381 g/mol. The van der Waals surface area contributed by atoms with Crippen LogP contribution in [0.4, 0.5) is 0 Å². The molecule has 146 valence electrons. The summed E-state index contributed by atoms with van der Waals surface area (Å²) in [5, 5.41) is 0. The standard InChI is InChI=1S/C22H23NO5/c1-25-18-4-5-19-15(9-18)8-17(13-28-19)22(24)23-7-6-14-10-20(26-2)21(27-3)11-16(14)12-23/h4-5,8-11H,6-7,12-13H2,1-3H3. The first kappa shape index (κ1) is 18.2. The molecule has 2 heterocycles. The van der Waals surface area contributed by atoms with Crippen molar-refractivity contribution in [2.24, 2.45) is 0 Å². The van der Waals surface area contributed by atoms with E-state index < -0.39 is 0 Å². The molecule has 6 nitrogen and oxygen atoms in total. The van der Waals surface area contributed by atoms with E-state index in [1.165, 1.54) is 5.56 Å². The Balaban J connectivity index is 1.57. The molecular weight excluding hydrogens is 358 g/mol. The third kappa shape index (κ3) is 3.26. The third-order valence-electron chi connectivity index (χ3n) is 5.21. The first-order valence-electron chi connectivity index (χ1n) is 9.17. The second-order valence-electron chi connectivity index (χ2n) is 6.81. The van der Waals surface area contributed by atoms with Gasteiger partial charge in [-0.2, -0.15) is 0 Å². The van der Waals surface area contributed by atoms with Gasteiger partial charge in [-0.3, -0.25) is 4.79 Å². The summed E-state index contributed by atoms with van der Waals surface area (Å²) < 4.78 is 21.8. The maximum Gasteiger partial charge on any atom is 0.253 e. The predicted molar refractivity (Wildman–Crippen MR) is 105 cm³/mol. The molecule has 0 N–H and O–H groups in total. The number of benzene rings is 2. The molecule has 0 fully saturated rings. The molecule has 1 amide bonds. The lowest BCUT2D eigenvalue weighted by Crippen LogP contribution is -2.38. The van der Waals surface area contributed by atoms with Gasteiger partial charge in [-0.05, 0) is 54.0 Å². The highest BCUT2D eigenvalue weighted by molar-refractivity contribution is 5.99. The van der Waals surface area contributed by atoms with Crippen molar-refractivity contribution >= 4 is 12.0 Å². The van der Waals surface area contributed by atoms with Crippen LogP contribution in [-0.4, -0.2) is 45.3 Å². The molecule has 0 aromatic heterocycles. The molecule has 2 aromatic rings. The molecule has 0 spiro atoms. The van der Waals surface area contributed by atoms with Gasteiger partial charge in [-0.15, -0.1) is 0 Å². The molecule has 6 heteroatoms. The average Bonchev–Trinajstić information content (AvgIpc) is 2.76. The molecular formula is C22H23NO5. The van der Waals surface area contributed by atoms with Gasteiger partial charge in [0.05, 0.1) is 26.9 Å². The Labute approximate surface area is 164 Å². The predicted octanol–water partition coefficient (Wildman–Crippen LogP) is 3.07. The summed E-state index contributed by atoms with van der Waals surface area (Å²) >= 11 is 0. The molecule has 0 radical (unpaired) electrons. The first-order valence-corrected chi connectivity index (χ1v) is 9.17. The number of ether oxygens (including phenoxy) is 4. The Morgan fingerprint density at radius 2 is 1.75 bits per heavy atom. The molecule has 0 saturated heterocycles. The van der Waals surface area contributed by atoms with Gasteiger partial charge >= 0.3 is 0 Å². The summed E-state index contributed by atoms with van der Waals surface area (Å²) in [4.78, 5) is 15.0. The van der Waals surface area contributed by atoms with Crippen molar-refractivity contribution in [2.75, 3.05) is 34.5 Å². The fraction of sp³-hybridized carbons (Fsp3) is 0.318. The summed E-state index contributed by atoms with van der Waals surface area (Å²) in [6.07, 6.45) is 2.67. The van der Waals surface area contributed by atoms with Crippen LogP contribution in [0.1, 0.15) is 16.7 Å². The van der Waals surface area contributed by atoms with Crippen molar-refractivity contribution in [1.29, 1.82) is 0 Å². The number of rotatable bonds is 4. The average molecular weight is 381 g/mol. The highest BCUT2D eigenvalue weighted by Crippen LogP contribution is 2.34. The number of carbonyl (C=O) groups excluding carboxylic acids is 1. The van der Waals surface area contributed by atoms with E-state index in [2.05, 4.69) is 0 Å². The molecule has 2 aromatic carbocycles. The molecule has 0 bridgehead atoms. The molecule has 0 atom stereocenters. The van der Waals surface area contributed by atoms with Gasteiger partial charge < -0.3 is 23.8 Å². The zero-order valence-corrected chi connectivity index (χ0v) is 16.3. The minimum absolute atomic E-state index is 0.00564. The van der Waals surface area contributed by atoms with E-state index in [0.717, 1.165) is 34.8 Å². The highest BCUT2D eigenvalue weighted by atomic mass is 16.5. The van der Waals surface area contributed by atoms with Gasteiger partial charge in [0.15, 0.2) is 11.5 Å². The number of methoxy groups -OCH3 is 3. The van der Waals surface area contributed by atoms with Gasteiger partial charge in [0, 0.05) is 18.7 Å². The van der Waals surface area contributed by atoms with Gasteiger partial charge in [-0.25, -0.2) is 0 Å². The quantitative estimate of drug-likeness (QED) is 0.815. The lowest BCUT2D eigenvalue weighted by atomic mass is 9.97. The Morgan fingerprint density at radius 3 is 2.46 bits per heavy atom. The van der Waals surface area contributed by atoms with Crippen LogP contribution in [0.25, 0.3) is 6.08 Å². The first-order chi connectivity index (χ1) is 13.6. The Kier molecular flexibility index (Phi) is 4.86. The number of nitrogens with zero attached hydrogens (tertiary/aromatic N) is 1. The van der Waals surface area contributed by atoms with E-state index in [1.807, 2.05) is 41.3 Å². The summed E-state index contributed by atoms with van der Waals surface area (Å²) in [5.41, 5.74) is 3.77. The van der Waals surface area contributed by atoms with E-state index in [1.54, 1.807) is 21.3 Å². The fourth-order valence-corrected chi connectivity index (χ4v) is 3.67. The SMILES string of the molecule is COc1ccc2c(c1)C=C(C(=O)N1CCc3cc(OC)c(OC)cc3C1)CO2. The largest absolute Gasteiger partial charge is 0.497 e. The minimum atomic E-state index is -0.00564. The van der Waals surface area contributed by atoms with Gasteiger partial charge in [0.1, 0.15) is 18.1 Å². The van der Waals surface area contributed by atoms with Crippen LogP contribution in [0.15, 0.2) is 35.9 Å². The van der Waals surface area contributed by atoms with Gasteiger partial charge in [0.2, 0.25) is 0 Å². The zero-order chi connectivity index (χ0) is 19.7. The number of carbonyl (C=O) groups is 1. The van der Waals surface area contributed by atoms with Crippen molar-refractivity contribution < 1.29 is 23.7 Å². The summed E-state index contributed by atoms with van der Waals surface area (Å²) in [6.45, 7) is 1.47. The lowest BCUT2D eigenvalue weighted by Gasteiger charge is -2.31. The third-order valence-corrected chi connectivity index (χ3v) is 5.21. The number of hydrogen-bond acceptors (Lipinski definition) is 5. The molecule has 2 aliphatic rings. The van der Waals surface area contributed by atoms with Crippen LogP contribution in [-0.2, 0) is 17.8 Å². The topological polar surface area (TPSA) is 57.2 Å². The van der Waals surface area contributed by atoms with Crippen molar-refractivity contribution in [1.82, 2.24) is 4.90 Å². The number of fused-ring (bicyclic) bond motifs is 2. The van der Waals surface area contributed by atoms with E-state index in [-0.39, 0.29) is 12.5 Å². The van der Waals surface area contributed by atoms with Crippen LogP contribution < -0.4 is 18.9 Å². The summed E-state index contributed by atoms with van der Waals surface area (Å²) in [6, 6.07) is 9.55. The molecule has 4 rings (SSSR count). The molecule has 0 saturated carbocycles.